The van der Waals surface area contributed by atoms with Gasteiger partial charge < -0.3 is 4.79 Å². The summed E-state index contributed by atoms with van der Waals surface area (Å²) >= 11 is 0. The third kappa shape index (κ3) is 3.61. The molecule has 1 saturated carbocycles. The second-order valence-electron chi connectivity index (χ2n) is 4.38. The fourth-order valence-corrected chi connectivity index (χ4v) is 2.41. The van der Waals surface area contributed by atoms with Crippen molar-refractivity contribution in [2.45, 2.75) is 38.0 Å². The zero-order valence-corrected chi connectivity index (χ0v) is 8.81. The molecule has 0 aliphatic heterocycles. The highest BCUT2D eigenvalue weighted by atomic mass is 19.4. The molecule has 0 saturated heterocycles. The molecule has 1 aliphatic carbocycles. The van der Waals surface area contributed by atoms with Gasteiger partial charge in [-0.05, 0) is 25.2 Å². The molecule has 1 aliphatic rings. The van der Waals surface area contributed by atoms with Crippen LogP contribution in [0.25, 0.3) is 0 Å². The van der Waals surface area contributed by atoms with Gasteiger partial charge >= 0.3 is 12.4 Å². The molecule has 2 unspecified atom stereocenters. The summed E-state index contributed by atoms with van der Waals surface area (Å²) in [4.78, 5) is 10.5. The van der Waals surface area contributed by atoms with E-state index >= 15 is 0 Å². The van der Waals surface area contributed by atoms with E-state index in [1.54, 1.807) is 0 Å². The van der Waals surface area contributed by atoms with Crippen LogP contribution in [0.15, 0.2) is 0 Å². The van der Waals surface area contributed by atoms with Gasteiger partial charge in [-0.25, -0.2) is 0 Å². The van der Waals surface area contributed by atoms with Gasteiger partial charge in [0.15, 0.2) is 5.92 Å². The SMILES string of the molecule is O=CC1CCCC(C(C(F)(F)F)C(F)(F)F)C1. The monoisotopic (exact) mass is 262 g/mol. The van der Waals surface area contributed by atoms with Crippen LogP contribution in [0.1, 0.15) is 25.7 Å². The Morgan fingerprint density at radius 1 is 1.00 bits per heavy atom. The molecule has 1 nitrogen and oxygen atoms in total. The van der Waals surface area contributed by atoms with Crippen molar-refractivity contribution in [2.24, 2.45) is 17.8 Å². The van der Waals surface area contributed by atoms with Crippen molar-refractivity contribution in [3.8, 4) is 0 Å². The maximum Gasteiger partial charge on any atom is 0.400 e. The van der Waals surface area contributed by atoms with Crippen molar-refractivity contribution < 1.29 is 31.1 Å². The van der Waals surface area contributed by atoms with E-state index in [4.69, 9.17) is 0 Å². The average Bonchev–Trinajstić information content (AvgIpc) is 2.13. The van der Waals surface area contributed by atoms with Gasteiger partial charge in [-0.2, -0.15) is 26.3 Å². The summed E-state index contributed by atoms with van der Waals surface area (Å²) in [5, 5.41) is 0. The molecular weight excluding hydrogens is 250 g/mol. The first-order valence-corrected chi connectivity index (χ1v) is 5.25. The second-order valence-corrected chi connectivity index (χ2v) is 4.38. The minimum atomic E-state index is -5.30. The van der Waals surface area contributed by atoms with E-state index in [-0.39, 0.29) is 19.3 Å². The van der Waals surface area contributed by atoms with E-state index in [9.17, 15) is 31.1 Å². The summed E-state index contributed by atoms with van der Waals surface area (Å²) in [6.45, 7) is 0. The Labute approximate surface area is 94.2 Å². The fraction of sp³-hybridized carbons (Fsp3) is 0.900. The van der Waals surface area contributed by atoms with Crippen LogP contribution in [0, 0.1) is 17.8 Å². The van der Waals surface area contributed by atoms with Crippen LogP contribution in [0.5, 0.6) is 0 Å². The lowest BCUT2D eigenvalue weighted by molar-refractivity contribution is -0.301. The zero-order chi connectivity index (χ0) is 13.3. The molecule has 0 aromatic rings. The van der Waals surface area contributed by atoms with Gasteiger partial charge in [-0.15, -0.1) is 0 Å². The Morgan fingerprint density at radius 3 is 1.94 bits per heavy atom. The molecule has 1 fully saturated rings. The van der Waals surface area contributed by atoms with Crippen LogP contribution in [-0.2, 0) is 4.79 Å². The van der Waals surface area contributed by atoms with Crippen molar-refractivity contribution in [1.82, 2.24) is 0 Å². The highest BCUT2D eigenvalue weighted by Gasteiger charge is 2.60. The largest absolute Gasteiger partial charge is 0.400 e. The summed E-state index contributed by atoms with van der Waals surface area (Å²) in [5.41, 5.74) is 0. The number of halogens is 6. The normalized spacial score (nSPS) is 27.2. The van der Waals surface area contributed by atoms with Gasteiger partial charge in [0, 0.05) is 5.92 Å². The van der Waals surface area contributed by atoms with Crippen molar-refractivity contribution in [3.05, 3.63) is 0 Å². The molecule has 0 heterocycles. The number of hydrogen-bond acceptors (Lipinski definition) is 1. The lowest BCUT2D eigenvalue weighted by Gasteiger charge is -2.34. The molecule has 0 spiro atoms. The van der Waals surface area contributed by atoms with E-state index in [0.29, 0.717) is 12.7 Å². The van der Waals surface area contributed by atoms with Gasteiger partial charge in [0.1, 0.15) is 6.29 Å². The predicted octanol–water partition coefficient (Wildman–Crippen LogP) is 3.73. The molecule has 0 N–H and O–H groups in total. The number of carbonyl (C=O) groups is 1. The van der Waals surface area contributed by atoms with E-state index in [1.807, 2.05) is 0 Å². The lowest BCUT2D eigenvalue weighted by Crippen LogP contribution is -2.43. The van der Waals surface area contributed by atoms with Crippen LogP contribution in [0.4, 0.5) is 26.3 Å². The summed E-state index contributed by atoms with van der Waals surface area (Å²) in [6, 6.07) is 0. The quantitative estimate of drug-likeness (QED) is 0.547. The number of carbonyl (C=O) groups excluding carboxylic acids is 1. The molecule has 100 valence electrons. The van der Waals surface area contributed by atoms with Crippen LogP contribution in [0.3, 0.4) is 0 Å². The smallest absolute Gasteiger partial charge is 0.303 e. The third-order valence-corrected chi connectivity index (χ3v) is 3.12. The molecule has 1 rings (SSSR count). The molecule has 0 radical (unpaired) electrons. The Hall–Kier alpha value is -0.750. The Kier molecular flexibility index (Phi) is 4.09. The maximum absolute atomic E-state index is 12.4. The Morgan fingerprint density at radius 2 is 1.53 bits per heavy atom. The zero-order valence-electron chi connectivity index (χ0n) is 8.81. The molecule has 2 atom stereocenters. The van der Waals surface area contributed by atoms with E-state index < -0.39 is 30.1 Å². The number of alkyl halides is 6. The Bertz CT molecular complexity index is 255. The Balaban J connectivity index is 2.87. The highest BCUT2D eigenvalue weighted by Crippen LogP contribution is 2.48. The first-order chi connectivity index (χ1) is 7.66. The summed E-state index contributed by atoms with van der Waals surface area (Å²) in [7, 11) is 0. The van der Waals surface area contributed by atoms with E-state index in [1.165, 1.54) is 0 Å². The maximum atomic E-state index is 12.4. The molecule has 0 aromatic carbocycles. The van der Waals surface area contributed by atoms with Crippen LogP contribution < -0.4 is 0 Å². The lowest BCUT2D eigenvalue weighted by atomic mass is 9.75. The van der Waals surface area contributed by atoms with Crippen LogP contribution in [-0.4, -0.2) is 18.6 Å². The molecule has 0 amide bonds. The molecule has 0 bridgehead atoms. The second kappa shape index (κ2) is 4.86. The fourth-order valence-electron chi connectivity index (χ4n) is 2.41. The molecule has 7 heteroatoms. The van der Waals surface area contributed by atoms with E-state index in [0.717, 1.165) is 0 Å². The van der Waals surface area contributed by atoms with Gasteiger partial charge in [0.25, 0.3) is 0 Å². The van der Waals surface area contributed by atoms with Gasteiger partial charge in [0.2, 0.25) is 0 Å². The highest BCUT2D eigenvalue weighted by molar-refractivity contribution is 5.53. The van der Waals surface area contributed by atoms with Crippen molar-refractivity contribution in [1.29, 1.82) is 0 Å². The number of hydrogen-bond donors (Lipinski definition) is 0. The van der Waals surface area contributed by atoms with Gasteiger partial charge in [-0.3, -0.25) is 0 Å². The van der Waals surface area contributed by atoms with Crippen molar-refractivity contribution in [3.63, 3.8) is 0 Å². The summed E-state index contributed by atoms with van der Waals surface area (Å²) in [5.74, 6) is -5.52. The average molecular weight is 262 g/mol. The topological polar surface area (TPSA) is 17.1 Å². The standard InChI is InChI=1S/C10H12F6O/c11-9(12,13)8(10(14,15)16)7-3-1-2-6(4-7)5-17/h5-8H,1-4H2. The van der Waals surface area contributed by atoms with Crippen molar-refractivity contribution >= 4 is 6.29 Å². The number of rotatable bonds is 2. The number of aldehydes is 1. The molecule has 17 heavy (non-hydrogen) atoms. The van der Waals surface area contributed by atoms with Crippen LogP contribution >= 0.6 is 0 Å². The minimum absolute atomic E-state index is 0.131. The van der Waals surface area contributed by atoms with Crippen LogP contribution in [0.2, 0.25) is 0 Å². The molecule has 0 aromatic heterocycles. The van der Waals surface area contributed by atoms with Gasteiger partial charge in [-0.1, -0.05) is 6.42 Å². The first kappa shape index (κ1) is 14.3. The predicted molar refractivity (Wildman–Crippen MR) is 47.1 cm³/mol. The third-order valence-electron chi connectivity index (χ3n) is 3.12. The summed E-state index contributed by atoms with van der Waals surface area (Å²) < 4.78 is 74.5. The summed E-state index contributed by atoms with van der Waals surface area (Å²) in [6.07, 6.45) is -9.99. The first-order valence-electron chi connectivity index (χ1n) is 5.25. The van der Waals surface area contributed by atoms with E-state index in [2.05, 4.69) is 0 Å². The molecular formula is C10H12F6O. The van der Waals surface area contributed by atoms with Crippen molar-refractivity contribution in [2.75, 3.05) is 0 Å². The minimum Gasteiger partial charge on any atom is -0.303 e. The van der Waals surface area contributed by atoms with Gasteiger partial charge in [0.05, 0.1) is 0 Å².